The highest BCUT2D eigenvalue weighted by Crippen LogP contribution is 2.22. The van der Waals surface area contributed by atoms with E-state index in [1.807, 2.05) is 12.1 Å². The molecule has 0 spiro atoms. The van der Waals surface area contributed by atoms with Crippen molar-refractivity contribution in [2.75, 3.05) is 13.1 Å². The molecule has 0 radical (unpaired) electrons. The first-order chi connectivity index (χ1) is 10.1. The van der Waals surface area contributed by atoms with Crippen LogP contribution in [-0.2, 0) is 6.54 Å². The summed E-state index contributed by atoms with van der Waals surface area (Å²) in [6.07, 6.45) is 0.705. The molecule has 1 fully saturated rings. The first-order valence-corrected chi connectivity index (χ1v) is 7.48. The van der Waals surface area contributed by atoms with E-state index in [0.29, 0.717) is 35.8 Å². The van der Waals surface area contributed by atoms with Crippen LogP contribution in [0.25, 0.3) is 11.5 Å². The summed E-state index contributed by atoms with van der Waals surface area (Å²) in [4.78, 5) is 2.14. The number of β-amino-alcohol motifs (C(OH)–C–C–N with tert-alkyl or cyclic N) is 1. The number of hydrogen-bond donors (Lipinski definition) is 1. The van der Waals surface area contributed by atoms with Crippen LogP contribution >= 0.6 is 11.6 Å². The molecule has 0 aliphatic carbocycles. The van der Waals surface area contributed by atoms with Gasteiger partial charge < -0.3 is 9.52 Å². The maximum atomic E-state index is 9.91. The first-order valence-electron chi connectivity index (χ1n) is 7.10. The van der Waals surface area contributed by atoms with E-state index < -0.39 is 0 Å². The zero-order valence-electron chi connectivity index (χ0n) is 11.9. The molecule has 5 nitrogen and oxygen atoms in total. The van der Waals surface area contributed by atoms with Crippen LogP contribution in [-0.4, -0.2) is 39.4 Å². The normalized spacial score (nSPS) is 23.4. The van der Waals surface area contributed by atoms with E-state index in [1.165, 1.54) is 0 Å². The zero-order chi connectivity index (χ0) is 14.8. The molecule has 1 aliphatic heterocycles. The smallest absolute Gasteiger partial charge is 0.247 e. The minimum atomic E-state index is -0.280. The number of rotatable bonds is 3. The summed E-state index contributed by atoms with van der Waals surface area (Å²) >= 11 is 5.86. The van der Waals surface area contributed by atoms with Gasteiger partial charge in [0.15, 0.2) is 0 Å². The molecular weight excluding hydrogens is 290 g/mol. The third-order valence-corrected chi connectivity index (χ3v) is 4.17. The molecule has 1 saturated heterocycles. The lowest BCUT2D eigenvalue weighted by Crippen LogP contribution is -2.42. The van der Waals surface area contributed by atoms with Gasteiger partial charge in [-0.1, -0.05) is 18.5 Å². The molecule has 0 amide bonds. The fourth-order valence-corrected chi connectivity index (χ4v) is 2.60. The molecule has 21 heavy (non-hydrogen) atoms. The SMILES string of the molecule is CC1CCN(Cc2nnc(-c3ccc(Cl)cc3)o2)CC1O. The van der Waals surface area contributed by atoms with Crippen LogP contribution in [0.1, 0.15) is 19.2 Å². The van der Waals surface area contributed by atoms with Crippen molar-refractivity contribution in [3.05, 3.63) is 35.2 Å². The van der Waals surface area contributed by atoms with E-state index in [2.05, 4.69) is 22.0 Å². The Bertz CT molecular complexity index is 599. The van der Waals surface area contributed by atoms with Gasteiger partial charge in [-0.05, 0) is 43.1 Å². The van der Waals surface area contributed by atoms with Crippen LogP contribution in [0.4, 0.5) is 0 Å². The summed E-state index contributed by atoms with van der Waals surface area (Å²) in [5, 5.41) is 18.7. The molecule has 1 aliphatic rings. The number of hydrogen-bond acceptors (Lipinski definition) is 5. The Morgan fingerprint density at radius 3 is 2.81 bits per heavy atom. The van der Waals surface area contributed by atoms with Crippen molar-refractivity contribution >= 4 is 11.6 Å². The van der Waals surface area contributed by atoms with E-state index in [0.717, 1.165) is 18.5 Å². The monoisotopic (exact) mass is 307 g/mol. The Hall–Kier alpha value is -1.43. The number of aliphatic hydroxyl groups is 1. The summed E-state index contributed by atoms with van der Waals surface area (Å²) in [7, 11) is 0. The standard InChI is InChI=1S/C15H18ClN3O2/c1-10-6-7-19(8-13(10)20)9-14-17-18-15(21-14)11-2-4-12(16)5-3-11/h2-5,10,13,20H,6-9H2,1H3. The van der Waals surface area contributed by atoms with Crippen LogP contribution in [0.3, 0.4) is 0 Å². The van der Waals surface area contributed by atoms with Crippen LogP contribution in [0.5, 0.6) is 0 Å². The van der Waals surface area contributed by atoms with Crippen LogP contribution in [0.15, 0.2) is 28.7 Å². The van der Waals surface area contributed by atoms with Crippen molar-refractivity contribution < 1.29 is 9.52 Å². The van der Waals surface area contributed by atoms with Crippen molar-refractivity contribution in [1.82, 2.24) is 15.1 Å². The van der Waals surface area contributed by atoms with Crippen molar-refractivity contribution in [2.45, 2.75) is 26.0 Å². The second-order valence-electron chi connectivity index (χ2n) is 5.58. The Morgan fingerprint density at radius 1 is 1.33 bits per heavy atom. The lowest BCUT2D eigenvalue weighted by molar-refractivity contribution is 0.0228. The molecule has 3 rings (SSSR count). The molecule has 2 atom stereocenters. The Kier molecular flexibility index (Phi) is 4.24. The van der Waals surface area contributed by atoms with Gasteiger partial charge in [-0.25, -0.2) is 0 Å². The Balaban J connectivity index is 1.66. The maximum absolute atomic E-state index is 9.91. The average molecular weight is 308 g/mol. The molecule has 6 heteroatoms. The number of halogens is 1. The van der Waals surface area contributed by atoms with Gasteiger partial charge in [-0.2, -0.15) is 0 Å². The largest absolute Gasteiger partial charge is 0.419 e. The third kappa shape index (κ3) is 3.43. The maximum Gasteiger partial charge on any atom is 0.247 e. The highest BCUT2D eigenvalue weighted by molar-refractivity contribution is 6.30. The lowest BCUT2D eigenvalue weighted by atomic mass is 9.96. The van der Waals surface area contributed by atoms with Crippen LogP contribution < -0.4 is 0 Å². The molecule has 2 unspecified atom stereocenters. The number of likely N-dealkylation sites (tertiary alicyclic amines) is 1. The van der Waals surface area contributed by atoms with E-state index >= 15 is 0 Å². The topological polar surface area (TPSA) is 62.4 Å². The summed E-state index contributed by atoms with van der Waals surface area (Å²) < 4.78 is 5.69. The molecule has 0 saturated carbocycles. The second-order valence-corrected chi connectivity index (χ2v) is 6.01. The fraction of sp³-hybridized carbons (Fsp3) is 0.467. The van der Waals surface area contributed by atoms with Crippen molar-refractivity contribution in [3.8, 4) is 11.5 Å². The molecule has 2 aromatic rings. The minimum absolute atomic E-state index is 0.280. The molecule has 1 N–H and O–H groups in total. The lowest BCUT2D eigenvalue weighted by Gasteiger charge is -2.33. The molecule has 0 bridgehead atoms. The highest BCUT2D eigenvalue weighted by atomic mass is 35.5. The van der Waals surface area contributed by atoms with Crippen molar-refractivity contribution in [3.63, 3.8) is 0 Å². The minimum Gasteiger partial charge on any atom is -0.419 e. The first kappa shape index (κ1) is 14.5. The number of aromatic nitrogens is 2. The van der Waals surface area contributed by atoms with Crippen LogP contribution in [0.2, 0.25) is 5.02 Å². The summed E-state index contributed by atoms with van der Waals surface area (Å²) in [5.74, 6) is 1.42. The van der Waals surface area contributed by atoms with Crippen molar-refractivity contribution in [2.24, 2.45) is 5.92 Å². The van der Waals surface area contributed by atoms with Gasteiger partial charge in [0.25, 0.3) is 0 Å². The van der Waals surface area contributed by atoms with Gasteiger partial charge >= 0.3 is 0 Å². The quantitative estimate of drug-likeness (QED) is 0.944. The van der Waals surface area contributed by atoms with Crippen LogP contribution in [0, 0.1) is 5.92 Å². The van der Waals surface area contributed by atoms with Gasteiger partial charge in [0, 0.05) is 17.1 Å². The third-order valence-electron chi connectivity index (χ3n) is 3.92. The molecular formula is C15H18ClN3O2. The highest BCUT2D eigenvalue weighted by Gasteiger charge is 2.25. The average Bonchev–Trinajstić information content (AvgIpc) is 2.92. The zero-order valence-corrected chi connectivity index (χ0v) is 12.6. The van der Waals surface area contributed by atoms with Gasteiger partial charge in [0.2, 0.25) is 11.8 Å². The van der Waals surface area contributed by atoms with Gasteiger partial charge in [-0.15, -0.1) is 10.2 Å². The predicted octanol–water partition coefficient (Wildman–Crippen LogP) is 2.59. The molecule has 2 heterocycles. The Labute approximate surface area is 128 Å². The number of benzene rings is 1. The summed E-state index contributed by atoms with van der Waals surface area (Å²) in [6, 6.07) is 7.30. The predicted molar refractivity (Wildman–Crippen MR) is 79.8 cm³/mol. The van der Waals surface area contributed by atoms with Crippen molar-refractivity contribution in [1.29, 1.82) is 0 Å². The summed E-state index contributed by atoms with van der Waals surface area (Å²) in [6.45, 7) is 4.24. The number of nitrogens with zero attached hydrogens (tertiary/aromatic N) is 3. The van der Waals surface area contributed by atoms with E-state index in [1.54, 1.807) is 12.1 Å². The molecule has 1 aromatic carbocycles. The Morgan fingerprint density at radius 2 is 2.10 bits per heavy atom. The summed E-state index contributed by atoms with van der Waals surface area (Å²) in [5.41, 5.74) is 0.852. The molecule has 112 valence electrons. The number of aliphatic hydroxyl groups excluding tert-OH is 1. The van der Waals surface area contributed by atoms with E-state index in [9.17, 15) is 5.11 Å². The van der Waals surface area contributed by atoms with Gasteiger partial charge in [0.05, 0.1) is 12.6 Å². The molecule has 1 aromatic heterocycles. The van der Waals surface area contributed by atoms with Gasteiger partial charge in [-0.3, -0.25) is 4.90 Å². The van der Waals surface area contributed by atoms with E-state index in [4.69, 9.17) is 16.0 Å². The van der Waals surface area contributed by atoms with E-state index in [-0.39, 0.29) is 6.10 Å². The number of piperidine rings is 1. The second kappa shape index (κ2) is 6.13. The van der Waals surface area contributed by atoms with Gasteiger partial charge in [0.1, 0.15) is 0 Å². The fourth-order valence-electron chi connectivity index (χ4n) is 2.48.